The highest BCUT2D eigenvalue weighted by molar-refractivity contribution is 5.40. The first-order valence-electron chi connectivity index (χ1n) is 4.59. The third-order valence-electron chi connectivity index (χ3n) is 2.20. The molecule has 5 heteroatoms. The van der Waals surface area contributed by atoms with Crippen LogP contribution in [0.2, 0.25) is 0 Å². The predicted octanol–water partition coefficient (Wildman–Crippen LogP) is 3.00. The van der Waals surface area contributed by atoms with Crippen LogP contribution in [0.5, 0.6) is 0 Å². The zero-order chi connectivity index (χ0) is 11.8. The maximum absolute atomic E-state index is 12.6. The summed E-state index contributed by atoms with van der Waals surface area (Å²) >= 11 is 0. The van der Waals surface area contributed by atoms with Crippen molar-refractivity contribution < 1.29 is 13.2 Å². The summed E-state index contributed by atoms with van der Waals surface area (Å²) in [6.07, 6.45) is -3.42. The van der Waals surface area contributed by atoms with Gasteiger partial charge in [0.25, 0.3) is 0 Å². The molecule has 0 spiro atoms. The summed E-state index contributed by atoms with van der Waals surface area (Å²) in [7, 11) is 0. The molecule has 0 bridgehead atoms. The lowest BCUT2D eigenvalue weighted by Crippen LogP contribution is -2.14. The van der Waals surface area contributed by atoms with E-state index in [2.05, 4.69) is 11.2 Å². The van der Waals surface area contributed by atoms with Crippen LogP contribution in [0, 0.1) is 13.0 Å². The van der Waals surface area contributed by atoms with E-state index in [0.717, 1.165) is 16.4 Å². The number of benzene rings is 1. The average molecular weight is 225 g/mol. The molecule has 0 amide bonds. The van der Waals surface area contributed by atoms with E-state index in [1.807, 2.05) is 0 Å². The van der Waals surface area contributed by atoms with Gasteiger partial charge in [0.1, 0.15) is 0 Å². The van der Waals surface area contributed by atoms with Crippen molar-refractivity contribution in [1.29, 1.82) is 0 Å². The highest BCUT2D eigenvalue weighted by Crippen LogP contribution is 2.30. The van der Waals surface area contributed by atoms with Crippen molar-refractivity contribution in [1.82, 2.24) is 9.78 Å². The standard InChI is InChI=1S/C11H8F3N2/c1-8-4-2-3-5-9(8)16-10(6-7-15-16)11(12,13)14/h2-5,7H,1H3. The second-order valence-electron chi connectivity index (χ2n) is 3.33. The van der Waals surface area contributed by atoms with Crippen molar-refractivity contribution in [2.24, 2.45) is 0 Å². The fourth-order valence-corrected chi connectivity index (χ4v) is 1.45. The molecule has 2 nitrogen and oxygen atoms in total. The largest absolute Gasteiger partial charge is 0.434 e. The highest BCUT2D eigenvalue weighted by atomic mass is 19.4. The monoisotopic (exact) mass is 225 g/mol. The van der Waals surface area contributed by atoms with Crippen LogP contribution < -0.4 is 0 Å². The molecular formula is C11H8F3N2. The topological polar surface area (TPSA) is 17.8 Å². The van der Waals surface area contributed by atoms with Gasteiger partial charge >= 0.3 is 6.18 Å². The predicted molar refractivity (Wildman–Crippen MR) is 52.1 cm³/mol. The Bertz CT molecular complexity index is 500. The zero-order valence-corrected chi connectivity index (χ0v) is 8.42. The van der Waals surface area contributed by atoms with Gasteiger partial charge in [0.15, 0.2) is 5.69 Å². The molecule has 1 aromatic carbocycles. The summed E-state index contributed by atoms with van der Waals surface area (Å²) in [6, 6.07) is 8.85. The van der Waals surface area contributed by atoms with Crippen molar-refractivity contribution in [3.63, 3.8) is 0 Å². The Morgan fingerprint density at radius 1 is 1.25 bits per heavy atom. The van der Waals surface area contributed by atoms with Crippen LogP contribution in [0.15, 0.2) is 30.5 Å². The Hall–Kier alpha value is -1.78. The fraction of sp³-hybridized carbons (Fsp3) is 0.182. The van der Waals surface area contributed by atoms with Gasteiger partial charge in [-0.25, -0.2) is 4.68 Å². The van der Waals surface area contributed by atoms with E-state index >= 15 is 0 Å². The third-order valence-corrected chi connectivity index (χ3v) is 2.20. The molecule has 16 heavy (non-hydrogen) atoms. The van der Waals surface area contributed by atoms with Crippen molar-refractivity contribution in [2.75, 3.05) is 0 Å². The first kappa shape index (κ1) is 10.7. The van der Waals surface area contributed by atoms with E-state index < -0.39 is 11.9 Å². The molecule has 83 valence electrons. The molecule has 1 aromatic heterocycles. The molecule has 0 saturated heterocycles. The van der Waals surface area contributed by atoms with Crippen LogP contribution >= 0.6 is 0 Å². The SMILES string of the molecule is Cc1ccccc1-n1nc[c]c1C(F)(F)F. The smallest absolute Gasteiger partial charge is 0.228 e. The van der Waals surface area contributed by atoms with Crippen LogP contribution in [0.4, 0.5) is 13.2 Å². The van der Waals surface area contributed by atoms with Gasteiger partial charge < -0.3 is 0 Å². The lowest BCUT2D eigenvalue weighted by molar-refractivity contribution is -0.143. The van der Waals surface area contributed by atoms with Gasteiger partial charge in [-0.2, -0.15) is 18.3 Å². The number of para-hydroxylation sites is 1. The Morgan fingerprint density at radius 3 is 2.56 bits per heavy atom. The second-order valence-corrected chi connectivity index (χ2v) is 3.33. The molecule has 1 radical (unpaired) electrons. The first-order valence-corrected chi connectivity index (χ1v) is 4.59. The van der Waals surface area contributed by atoms with E-state index in [4.69, 9.17) is 0 Å². The summed E-state index contributed by atoms with van der Waals surface area (Å²) < 4.78 is 38.7. The highest BCUT2D eigenvalue weighted by Gasteiger charge is 2.35. The van der Waals surface area contributed by atoms with Gasteiger partial charge in [0.05, 0.1) is 11.9 Å². The molecule has 0 saturated carbocycles. The maximum Gasteiger partial charge on any atom is 0.434 e. The Labute approximate surface area is 90.3 Å². The van der Waals surface area contributed by atoms with Crippen LogP contribution in [0.3, 0.4) is 0 Å². The molecule has 2 aromatic rings. The Morgan fingerprint density at radius 2 is 1.94 bits per heavy atom. The lowest BCUT2D eigenvalue weighted by Gasteiger charge is -2.11. The normalized spacial score (nSPS) is 11.8. The van der Waals surface area contributed by atoms with E-state index in [0.29, 0.717) is 5.69 Å². The number of nitrogens with zero attached hydrogens (tertiary/aromatic N) is 2. The second kappa shape index (κ2) is 3.66. The molecule has 0 fully saturated rings. The molecule has 0 aliphatic rings. The Kier molecular flexibility index (Phi) is 2.46. The van der Waals surface area contributed by atoms with Gasteiger partial charge in [0.2, 0.25) is 0 Å². The number of alkyl halides is 3. The summed E-state index contributed by atoms with van der Waals surface area (Å²) in [5.74, 6) is 0. The molecule has 0 aliphatic carbocycles. The average Bonchev–Trinajstić information content (AvgIpc) is 2.66. The van der Waals surface area contributed by atoms with E-state index in [1.54, 1.807) is 31.2 Å². The van der Waals surface area contributed by atoms with Crippen molar-refractivity contribution in [2.45, 2.75) is 13.1 Å². The van der Waals surface area contributed by atoms with Gasteiger partial charge in [0, 0.05) is 6.07 Å². The van der Waals surface area contributed by atoms with Crippen LogP contribution in [0.1, 0.15) is 11.3 Å². The molecular weight excluding hydrogens is 217 g/mol. The molecule has 0 unspecified atom stereocenters. The van der Waals surface area contributed by atoms with E-state index in [-0.39, 0.29) is 0 Å². The number of hydrogen-bond donors (Lipinski definition) is 0. The van der Waals surface area contributed by atoms with E-state index in [9.17, 15) is 13.2 Å². The molecule has 0 N–H and O–H groups in total. The molecule has 2 rings (SSSR count). The van der Waals surface area contributed by atoms with Gasteiger partial charge in [-0.3, -0.25) is 0 Å². The first-order chi connectivity index (χ1) is 7.50. The third kappa shape index (κ3) is 1.80. The number of aromatic nitrogens is 2. The quantitative estimate of drug-likeness (QED) is 0.729. The molecule has 0 aliphatic heterocycles. The zero-order valence-electron chi connectivity index (χ0n) is 8.42. The minimum Gasteiger partial charge on any atom is -0.228 e. The van der Waals surface area contributed by atoms with Crippen LogP contribution in [-0.4, -0.2) is 9.78 Å². The van der Waals surface area contributed by atoms with E-state index in [1.165, 1.54) is 0 Å². The Balaban J connectivity index is 2.58. The molecule has 1 heterocycles. The van der Waals surface area contributed by atoms with Crippen molar-refractivity contribution in [3.05, 3.63) is 47.8 Å². The number of halogens is 3. The summed E-state index contributed by atoms with van der Waals surface area (Å²) in [5.41, 5.74) is 0.253. The minimum atomic E-state index is -4.45. The number of hydrogen-bond acceptors (Lipinski definition) is 1. The van der Waals surface area contributed by atoms with Gasteiger partial charge in [-0.1, -0.05) is 18.2 Å². The van der Waals surface area contributed by atoms with Gasteiger partial charge in [-0.15, -0.1) is 0 Å². The molecule has 0 atom stereocenters. The summed E-state index contributed by atoms with van der Waals surface area (Å²) in [4.78, 5) is 0. The summed E-state index contributed by atoms with van der Waals surface area (Å²) in [6.45, 7) is 1.73. The summed E-state index contributed by atoms with van der Waals surface area (Å²) in [5, 5.41) is 3.65. The van der Waals surface area contributed by atoms with Crippen molar-refractivity contribution >= 4 is 0 Å². The van der Waals surface area contributed by atoms with Crippen LogP contribution in [-0.2, 0) is 6.18 Å². The number of aryl methyl sites for hydroxylation is 1. The number of rotatable bonds is 1. The lowest BCUT2D eigenvalue weighted by atomic mass is 10.2. The minimum absolute atomic E-state index is 0.413. The van der Waals surface area contributed by atoms with Crippen molar-refractivity contribution in [3.8, 4) is 5.69 Å². The van der Waals surface area contributed by atoms with Gasteiger partial charge in [-0.05, 0) is 18.6 Å². The van der Waals surface area contributed by atoms with Crippen LogP contribution in [0.25, 0.3) is 5.69 Å². The maximum atomic E-state index is 12.6. The fourth-order valence-electron chi connectivity index (χ4n) is 1.45.